The van der Waals surface area contributed by atoms with E-state index in [-0.39, 0.29) is 5.92 Å². The van der Waals surface area contributed by atoms with E-state index in [1.807, 2.05) is 0 Å². The van der Waals surface area contributed by atoms with Gasteiger partial charge in [-0.25, -0.2) is 8.78 Å². The molecule has 4 N–H and O–H groups in total. The van der Waals surface area contributed by atoms with Crippen molar-refractivity contribution in [3.05, 3.63) is 29.8 Å². The first-order valence-electron chi connectivity index (χ1n) is 7.50. The number of ether oxygens (including phenoxy) is 1. The van der Waals surface area contributed by atoms with Gasteiger partial charge in [0.25, 0.3) is 11.8 Å². The highest BCUT2D eigenvalue weighted by molar-refractivity contribution is 5.97. The lowest BCUT2D eigenvalue weighted by molar-refractivity contribution is -0.125. The Balaban J connectivity index is 2.73. The molecule has 2 amide bonds. The fourth-order valence-electron chi connectivity index (χ4n) is 1.90. The van der Waals surface area contributed by atoms with Crippen molar-refractivity contribution in [1.82, 2.24) is 10.6 Å². The first-order valence-corrected chi connectivity index (χ1v) is 7.50. The highest BCUT2D eigenvalue weighted by Gasteiger charge is 2.30. The number of benzene rings is 1. The van der Waals surface area contributed by atoms with Crippen LogP contribution in [0.4, 0.5) is 8.78 Å². The molecular weight excluding hydrogens is 320 g/mol. The minimum Gasteiger partial charge on any atom is -0.497 e. The van der Waals surface area contributed by atoms with Crippen LogP contribution in [0.5, 0.6) is 5.75 Å². The molecule has 0 saturated heterocycles. The third-order valence-corrected chi connectivity index (χ3v) is 3.41. The number of methoxy groups -OCH3 is 1. The molecule has 0 saturated carbocycles. The molecule has 1 unspecified atom stereocenters. The molecule has 0 radical (unpaired) electrons. The van der Waals surface area contributed by atoms with Crippen molar-refractivity contribution in [1.29, 1.82) is 0 Å². The van der Waals surface area contributed by atoms with Gasteiger partial charge in [0.15, 0.2) is 0 Å². The number of hydrogen-bond acceptors (Lipinski definition) is 4. The standard InChI is InChI=1S/C16H23F2N3O3/c1-10(2)13(15(23)20-9-16(17,18)8-19)21-14(22)11-4-6-12(24-3)7-5-11/h4-7,10,13H,8-9,19H2,1-3H3,(H,20,23)(H,21,22). The third-order valence-electron chi connectivity index (χ3n) is 3.41. The summed E-state index contributed by atoms with van der Waals surface area (Å²) < 4.78 is 31.3. The molecule has 0 heterocycles. The molecule has 0 spiro atoms. The smallest absolute Gasteiger partial charge is 0.277 e. The maximum absolute atomic E-state index is 13.1. The fourth-order valence-corrected chi connectivity index (χ4v) is 1.90. The molecule has 0 aliphatic carbocycles. The summed E-state index contributed by atoms with van der Waals surface area (Å²) in [6.07, 6.45) is 0. The number of rotatable bonds is 8. The van der Waals surface area contributed by atoms with Crippen LogP contribution in [0.3, 0.4) is 0 Å². The molecule has 6 nitrogen and oxygen atoms in total. The zero-order chi connectivity index (χ0) is 18.3. The van der Waals surface area contributed by atoms with Crippen molar-refractivity contribution >= 4 is 11.8 Å². The lowest BCUT2D eigenvalue weighted by Gasteiger charge is -2.23. The maximum atomic E-state index is 13.1. The Kier molecular flexibility index (Phi) is 7.09. The van der Waals surface area contributed by atoms with Crippen molar-refractivity contribution < 1.29 is 23.1 Å². The van der Waals surface area contributed by atoms with Gasteiger partial charge >= 0.3 is 0 Å². The van der Waals surface area contributed by atoms with Crippen LogP contribution >= 0.6 is 0 Å². The lowest BCUT2D eigenvalue weighted by Crippen LogP contribution is -2.52. The Morgan fingerprint density at radius 3 is 2.29 bits per heavy atom. The number of halogens is 2. The minimum absolute atomic E-state index is 0.279. The van der Waals surface area contributed by atoms with Crippen molar-refractivity contribution in [3.8, 4) is 5.75 Å². The predicted octanol–water partition coefficient (Wildman–Crippen LogP) is 1.16. The van der Waals surface area contributed by atoms with Crippen molar-refractivity contribution in [2.45, 2.75) is 25.8 Å². The largest absolute Gasteiger partial charge is 0.497 e. The van der Waals surface area contributed by atoms with Gasteiger partial charge in [0, 0.05) is 5.56 Å². The zero-order valence-corrected chi connectivity index (χ0v) is 13.9. The molecule has 8 heteroatoms. The molecule has 134 valence electrons. The van der Waals surface area contributed by atoms with E-state index in [0.29, 0.717) is 11.3 Å². The molecule has 0 bridgehead atoms. The second kappa shape index (κ2) is 8.58. The van der Waals surface area contributed by atoms with Gasteiger partial charge < -0.3 is 21.1 Å². The summed E-state index contributed by atoms with van der Waals surface area (Å²) in [6, 6.07) is 5.38. The molecular formula is C16H23F2N3O3. The van der Waals surface area contributed by atoms with E-state index in [0.717, 1.165) is 0 Å². The lowest BCUT2D eigenvalue weighted by atomic mass is 10.0. The van der Waals surface area contributed by atoms with Gasteiger partial charge in [-0.1, -0.05) is 13.8 Å². The van der Waals surface area contributed by atoms with Crippen LogP contribution in [-0.4, -0.2) is 44.0 Å². The third kappa shape index (κ3) is 5.77. The Bertz CT molecular complexity index is 562. The molecule has 0 aromatic heterocycles. The topological polar surface area (TPSA) is 93.4 Å². The quantitative estimate of drug-likeness (QED) is 0.660. The molecule has 0 fully saturated rings. The highest BCUT2D eigenvalue weighted by atomic mass is 19.3. The number of alkyl halides is 2. The summed E-state index contributed by atoms with van der Waals surface area (Å²) in [5, 5.41) is 4.68. The summed E-state index contributed by atoms with van der Waals surface area (Å²) in [7, 11) is 1.51. The summed E-state index contributed by atoms with van der Waals surface area (Å²) in [4.78, 5) is 24.3. The summed E-state index contributed by atoms with van der Waals surface area (Å²) >= 11 is 0. The number of hydrogen-bond donors (Lipinski definition) is 3. The number of nitrogens with two attached hydrogens (primary N) is 1. The summed E-state index contributed by atoms with van der Waals surface area (Å²) in [5.41, 5.74) is 5.26. The van der Waals surface area contributed by atoms with Crippen LogP contribution in [0.25, 0.3) is 0 Å². The van der Waals surface area contributed by atoms with Crippen LogP contribution in [0.1, 0.15) is 24.2 Å². The normalized spacial score (nSPS) is 12.6. The molecule has 1 aromatic rings. The fraction of sp³-hybridized carbons (Fsp3) is 0.500. The second-order valence-electron chi connectivity index (χ2n) is 5.70. The van der Waals surface area contributed by atoms with Gasteiger partial charge in [-0.15, -0.1) is 0 Å². The first kappa shape index (κ1) is 19.8. The van der Waals surface area contributed by atoms with Gasteiger partial charge in [-0.3, -0.25) is 9.59 Å². The van der Waals surface area contributed by atoms with Crippen molar-refractivity contribution in [2.75, 3.05) is 20.2 Å². The second-order valence-corrected chi connectivity index (χ2v) is 5.70. The Morgan fingerprint density at radius 1 is 1.25 bits per heavy atom. The van der Waals surface area contributed by atoms with Crippen LogP contribution < -0.4 is 21.1 Å². The molecule has 1 atom stereocenters. The van der Waals surface area contributed by atoms with Crippen LogP contribution in [0.2, 0.25) is 0 Å². The van der Waals surface area contributed by atoms with Crippen molar-refractivity contribution in [3.63, 3.8) is 0 Å². The van der Waals surface area contributed by atoms with Gasteiger partial charge in [0.1, 0.15) is 11.8 Å². The zero-order valence-electron chi connectivity index (χ0n) is 13.9. The van der Waals surface area contributed by atoms with Gasteiger partial charge in [0.2, 0.25) is 5.91 Å². The van der Waals surface area contributed by atoms with Crippen molar-refractivity contribution in [2.24, 2.45) is 11.7 Å². The number of carbonyl (C=O) groups is 2. The maximum Gasteiger partial charge on any atom is 0.277 e. The minimum atomic E-state index is -3.18. The van der Waals surface area contributed by atoms with Crippen LogP contribution in [-0.2, 0) is 4.79 Å². The monoisotopic (exact) mass is 343 g/mol. The van der Waals surface area contributed by atoms with E-state index in [1.165, 1.54) is 7.11 Å². The molecule has 24 heavy (non-hydrogen) atoms. The number of carbonyl (C=O) groups excluding carboxylic acids is 2. The van der Waals surface area contributed by atoms with Crippen LogP contribution in [0.15, 0.2) is 24.3 Å². The van der Waals surface area contributed by atoms with E-state index in [1.54, 1.807) is 38.1 Å². The number of amides is 2. The Labute approximate surface area is 139 Å². The molecule has 0 aliphatic heterocycles. The van der Waals surface area contributed by atoms with E-state index in [9.17, 15) is 18.4 Å². The van der Waals surface area contributed by atoms with E-state index >= 15 is 0 Å². The Morgan fingerprint density at radius 2 is 1.83 bits per heavy atom. The first-order chi connectivity index (χ1) is 11.2. The highest BCUT2D eigenvalue weighted by Crippen LogP contribution is 2.13. The molecule has 1 rings (SSSR count). The average Bonchev–Trinajstić information content (AvgIpc) is 2.57. The summed E-state index contributed by atoms with van der Waals surface area (Å²) in [5.74, 6) is -4.03. The molecule has 0 aliphatic rings. The Hall–Kier alpha value is -2.22. The summed E-state index contributed by atoms with van der Waals surface area (Å²) in [6.45, 7) is 1.68. The van der Waals surface area contributed by atoms with E-state index in [2.05, 4.69) is 10.6 Å². The molecule has 1 aromatic carbocycles. The van der Waals surface area contributed by atoms with Crippen LogP contribution in [0, 0.1) is 5.92 Å². The van der Waals surface area contributed by atoms with Gasteiger partial charge in [0.05, 0.1) is 20.2 Å². The van der Waals surface area contributed by atoms with Gasteiger partial charge in [-0.05, 0) is 30.2 Å². The number of nitrogens with one attached hydrogen (secondary N) is 2. The van der Waals surface area contributed by atoms with E-state index < -0.39 is 36.9 Å². The SMILES string of the molecule is COc1ccc(C(=O)NC(C(=O)NCC(F)(F)CN)C(C)C)cc1. The van der Waals surface area contributed by atoms with Gasteiger partial charge in [-0.2, -0.15) is 0 Å². The predicted molar refractivity (Wildman–Crippen MR) is 86.1 cm³/mol. The van der Waals surface area contributed by atoms with E-state index in [4.69, 9.17) is 10.5 Å². The average molecular weight is 343 g/mol.